The van der Waals surface area contributed by atoms with E-state index in [0.717, 1.165) is 18.2 Å². The first-order valence-corrected chi connectivity index (χ1v) is 8.19. The predicted octanol–water partition coefficient (Wildman–Crippen LogP) is 0.343. The lowest BCUT2D eigenvalue weighted by Gasteiger charge is -2.34. The van der Waals surface area contributed by atoms with E-state index in [1.54, 1.807) is 11.4 Å². The van der Waals surface area contributed by atoms with Crippen LogP contribution in [0.5, 0.6) is 0 Å². The quantitative estimate of drug-likeness (QED) is 0.374. The van der Waals surface area contributed by atoms with Gasteiger partial charge in [-0.1, -0.05) is 11.6 Å². The number of carbonyl (C=O) groups excluding carboxylic acids is 3. The van der Waals surface area contributed by atoms with Gasteiger partial charge in [-0.3, -0.25) is 15.0 Å². The average molecular weight is 391 g/mol. The number of carbonyl (C=O) groups is 3. The third-order valence-electron chi connectivity index (χ3n) is 3.35. The van der Waals surface area contributed by atoms with Crippen LogP contribution in [0.25, 0.3) is 0 Å². The number of nitrogens with zero attached hydrogens (tertiary/aromatic N) is 1. The molecular weight excluding hydrogens is 375 g/mol. The number of anilines is 1. The molecule has 2 unspecified atom stereocenters. The maximum Gasteiger partial charge on any atom is 0.330 e. The van der Waals surface area contributed by atoms with Crippen LogP contribution in [0.2, 0.25) is 5.02 Å². The fourth-order valence-electron chi connectivity index (χ4n) is 2.07. The highest BCUT2D eigenvalue weighted by Gasteiger charge is 2.35. The molecule has 0 radical (unpaired) electrons. The van der Waals surface area contributed by atoms with Gasteiger partial charge >= 0.3 is 6.03 Å². The zero-order chi connectivity index (χ0) is 18.6. The second kappa shape index (κ2) is 8.34. The molecule has 0 saturated carbocycles. The van der Waals surface area contributed by atoms with Gasteiger partial charge in [-0.25, -0.2) is 23.6 Å². The van der Waals surface area contributed by atoms with Crippen molar-refractivity contribution in [1.29, 1.82) is 0 Å². The molecule has 0 aliphatic carbocycles. The highest BCUT2D eigenvalue weighted by molar-refractivity contribution is 7.95. The largest absolute Gasteiger partial charge is 0.350 e. The van der Waals surface area contributed by atoms with Crippen molar-refractivity contribution in [2.24, 2.45) is 5.73 Å². The molecule has 0 aromatic heterocycles. The van der Waals surface area contributed by atoms with Gasteiger partial charge in [-0.05, 0) is 31.7 Å². The first kappa shape index (κ1) is 19.2. The van der Waals surface area contributed by atoms with Gasteiger partial charge in [0.15, 0.2) is 0 Å². The minimum absolute atomic E-state index is 0.111. The summed E-state index contributed by atoms with van der Waals surface area (Å²) in [5.74, 6) is -1.52. The lowest BCUT2D eigenvalue weighted by Crippen LogP contribution is -2.57. The maximum absolute atomic E-state index is 13.2. The first-order valence-electron chi connectivity index (χ1n) is 7.04. The molecule has 0 spiro atoms. The summed E-state index contributed by atoms with van der Waals surface area (Å²) in [7, 11) is 1.68. The van der Waals surface area contributed by atoms with Crippen LogP contribution >= 0.6 is 23.7 Å². The number of hydrogen-bond donors (Lipinski definition) is 5. The predicted molar refractivity (Wildman–Crippen MR) is 91.6 cm³/mol. The average Bonchev–Trinajstić information content (AvgIpc) is 2.56. The number of benzene rings is 1. The number of hydrogen-bond acceptors (Lipinski definition) is 6. The van der Waals surface area contributed by atoms with Crippen LogP contribution in [-0.4, -0.2) is 41.3 Å². The molecule has 1 aliphatic rings. The summed E-state index contributed by atoms with van der Waals surface area (Å²) in [5, 5.41) is 2.51. The summed E-state index contributed by atoms with van der Waals surface area (Å²) in [5.41, 5.74) is 9.33. The molecule has 6 N–H and O–H groups in total. The zero-order valence-electron chi connectivity index (χ0n) is 13.0. The molecule has 4 amide bonds. The number of amides is 4. The summed E-state index contributed by atoms with van der Waals surface area (Å²) >= 11 is 6.76. The Labute approximate surface area is 152 Å². The molecule has 2 atom stereocenters. The Kier molecular flexibility index (Phi) is 6.42. The van der Waals surface area contributed by atoms with Crippen molar-refractivity contribution >= 4 is 47.3 Å². The Balaban J connectivity index is 2.00. The van der Waals surface area contributed by atoms with E-state index in [0.29, 0.717) is 5.69 Å². The fraction of sp³-hybridized carbons (Fsp3) is 0.308. The van der Waals surface area contributed by atoms with Crippen LogP contribution in [0.1, 0.15) is 6.42 Å². The lowest BCUT2D eigenvalue weighted by molar-refractivity contribution is -0.125. The summed E-state index contributed by atoms with van der Waals surface area (Å²) in [4.78, 5) is 35.0. The fourth-order valence-corrected chi connectivity index (χ4v) is 3.06. The second-order valence-electron chi connectivity index (χ2n) is 5.16. The molecule has 25 heavy (non-hydrogen) atoms. The number of nitrogens with two attached hydrogens (primary N) is 1. The van der Waals surface area contributed by atoms with Crippen LogP contribution in [0.4, 0.5) is 14.9 Å². The smallest absolute Gasteiger partial charge is 0.330 e. The number of hydrazine groups is 1. The molecule has 0 bridgehead atoms. The van der Waals surface area contributed by atoms with Crippen molar-refractivity contribution in [1.82, 2.24) is 19.9 Å². The number of halogens is 2. The van der Waals surface area contributed by atoms with Gasteiger partial charge in [0.05, 0.1) is 5.02 Å². The van der Waals surface area contributed by atoms with Gasteiger partial charge in [-0.15, -0.1) is 0 Å². The molecule has 1 aromatic rings. The summed E-state index contributed by atoms with van der Waals surface area (Å²) in [6.07, 6.45) is 0.135. The number of nitrogens with one attached hydrogen (secondary N) is 4. The van der Waals surface area contributed by atoms with Crippen LogP contribution in [-0.2, 0) is 9.59 Å². The molecular formula is C13H16ClFN6O3S. The number of urea groups is 1. The van der Waals surface area contributed by atoms with Crippen LogP contribution < -0.4 is 26.6 Å². The molecule has 1 fully saturated rings. The van der Waals surface area contributed by atoms with E-state index < -0.39 is 29.8 Å². The van der Waals surface area contributed by atoms with Crippen molar-refractivity contribution in [2.45, 2.75) is 18.5 Å². The Hall–Kier alpha value is -2.08. The van der Waals surface area contributed by atoms with Crippen molar-refractivity contribution in [2.75, 3.05) is 12.4 Å². The highest BCUT2D eigenvalue weighted by Crippen LogP contribution is 2.24. The van der Waals surface area contributed by atoms with E-state index in [9.17, 15) is 18.8 Å². The molecule has 2 rings (SSSR count). The van der Waals surface area contributed by atoms with E-state index in [4.69, 9.17) is 17.3 Å². The number of rotatable bonds is 3. The van der Waals surface area contributed by atoms with E-state index >= 15 is 0 Å². The van der Waals surface area contributed by atoms with Gasteiger partial charge in [0.25, 0.3) is 5.91 Å². The van der Waals surface area contributed by atoms with Crippen molar-refractivity contribution in [3.8, 4) is 0 Å². The second-order valence-corrected chi connectivity index (χ2v) is 6.56. The van der Waals surface area contributed by atoms with Gasteiger partial charge in [0, 0.05) is 17.8 Å². The van der Waals surface area contributed by atoms with Crippen molar-refractivity contribution in [3.05, 3.63) is 29.0 Å². The van der Waals surface area contributed by atoms with E-state index in [1.165, 1.54) is 12.1 Å². The zero-order valence-corrected chi connectivity index (χ0v) is 14.6. The maximum atomic E-state index is 13.2. The van der Waals surface area contributed by atoms with Crippen LogP contribution in [0, 0.1) is 5.82 Å². The van der Waals surface area contributed by atoms with Gasteiger partial charge in [0.1, 0.15) is 17.9 Å². The molecule has 1 aromatic carbocycles. The van der Waals surface area contributed by atoms with E-state index in [1.807, 2.05) is 5.43 Å². The summed E-state index contributed by atoms with van der Waals surface area (Å²) in [6, 6.07) is 1.53. The highest BCUT2D eigenvalue weighted by atomic mass is 35.5. The SMILES string of the molecule is CN1SNC(C(=O)NNC(N)=O)CC1C(=O)Nc1ccc(F)c(Cl)c1. The standard InChI is InChI=1S/C13H16ClFN6O3S/c1-21-10(5-9(20-25-21)11(22)18-19-13(16)24)12(23)17-6-2-3-8(15)7(14)4-6/h2-4,9-10,20H,5H2,1H3,(H,17,23)(H,18,22)(H3,16,19,24). The number of likely N-dealkylation sites (N-methyl/N-ethyl adjacent to an activating group) is 1. The summed E-state index contributed by atoms with van der Waals surface area (Å²) in [6.45, 7) is 0. The third kappa shape index (κ3) is 5.19. The molecule has 1 aliphatic heterocycles. The minimum Gasteiger partial charge on any atom is -0.350 e. The minimum atomic E-state index is -0.906. The van der Waals surface area contributed by atoms with E-state index in [-0.39, 0.29) is 17.4 Å². The third-order valence-corrected chi connectivity index (χ3v) is 4.57. The first-order chi connectivity index (χ1) is 11.8. The van der Waals surface area contributed by atoms with Crippen LogP contribution in [0.3, 0.4) is 0 Å². The van der Waals surface area contributed by atoms with Gasteiger partial charge in [0.2, 0.25) is 5.91 Å². The van der Waals surface area contributed by atoms with Crippen molar-refractivity contribution in [3.63, 3.8) is 0 Å². The van der Waals surface area contributed by atoms with E-state index in [2.05, 4.69) is 15.5 Å². The Morgan fingerprint density at radius 2 is 2.08 bits per heavy atom. The van der Waals surface area contributed by atoms with Crippen LogP contribution in [0.15, 0.2) is 18.2 Å². The molecule has 1 saturated heterocycles. The topological polar surface area (TPSA) is 129 Å². The molecule has 1 heterocycles. The van der Waals surface area contributed by atoms with Gasteiger partial charge < -0.3 is 11.1 Å². The lowest BCUT2D eigenvalue weighted by atomic mass is 10.1. The molecule has 12 heteroatoms. The van der Waals surface area contributed by atoms with Gasteiger partial charge in [-0.2, -0.15) is 0 Å². The monoisotopic (exact) mass is 390 g/mol. The molecule has 9 nitrogen and oxygen atoms in total. The normalized spacial score (nSPS) is 20.6. The Morgan fingerprint density at radius 3 is 2.72 bits per heavy atom. The summed E-state index contributed by atoms with van der Waals surface area (Å²) < 4.78 is 17.7. The Morgan fingerprint density at radius 1 is 1.36 bits per heavy atom. The number of primary amides is 1. The Bertz CT molecular complexity index is 694. The molecule has 136 valence electrons. The van der Waals surface area contributed by atoms with Crippen molar-refractivity contribution < 1.29 is 18.8 Å².